The molecule has 0 N–H and O–H groups in total. The molecule has 2 aliphatic rings. The lowest BCUT2D eigenvalue weighted by Crippen LogP contribution is -2.17. The van der Waals surface area contributed by atoms with Crippen molar-refractivity contribution in [3.05, 3.63) is 239 Å². The molecule has 88 heavy (non-hydrogen) atoms. The van der Waals surface area contributed by atoms with E-state index >= 15 is 0 Å². The van der Waals surface area contributed by atoms with Gasteiger partial charge in [0, 0.05) is 0 Å². The molecule has 0 fully saturated rings. The number of fused-ring (bicyclic) bond motifs is 10. The minimum Gasteiger partial charge on any atom is -0.0616 e. The highest BCUT2D eigenvalue weighted by atomic mass is 14.4. The Morgan fingerprint density at radius 3 is 1.02 bits per heavy atom. The minimum absolute atomic E-state index is 0.0837. The molecule has 0 saturated carbocycles. The molecule has 432 valence electrons. The van der Waals surface area contributed by atoms with Gasteiger partial charge < -0.3 is 0 Å². The summed E-state index contributed by atoms with van der Waals surface area (Å²) in [4.78, 5) is 0. The van der Waals surface area contributed by atoms with E-state index in [0.717, 1.165) is 0 Å². The first-order valence-corrected chi connectivity index (χ1v) is 32.0. The number of hydrogen-bond donors (Lipinski definition) is 0. The van der Waals surface area contributed by atoms with E-state index in [-0.39, 0.29) is 21.7 Å². The van der Waals surface area contributed by atoms with Crippen molar-refractivity contribution in [1.29, 1.82) is 0 Å². The van der Waals surface area contributed by atoms with E-state index in [9.17, 15) is 0 Å². The third kappa shape index (κ3) is 8.67. The lowest BCUT2D eigenvalue weighted by Gasteiger charge is -2.29. The van der Waals surface area contributed by atoms with Crippen LogP contribution in [0.3, 0.4) is 0 Å². The summed E-state index contributed by atoms with van der Waals surface area (Å²) in [6.07, 6.45) is 0. The van der Waals surface area contributed by atoms with Crippen LogP contribution in [0.5, 0.6) is 0 Å². The van der Waals surface area contributed by atoms with Gasteiger partial charge in [-0.2, -0.15) is 0 Å². The standard InChI is InChI=1S/C88H80/c1-49-35-50(2)38-55(37-49)75-67-25-19-20-26-68(67)76(56-39-51(3)36-52(4)40-56)83-72-34-33-64(66-28-22-29-70(79(66)72)81(75)83)54-31-32-69-73(45-54)78(58-43-61(87(11,12)13)48-62(44-58)88(14,15)16)82-71-30-21-27-65-63-24-18-17-23-53(63)46-74(80(65)71)84(82)77(69)57-41-59(85(5,6)7)47-60(42-57)86(8,9)10/h17-48H,1-16H3. The van der Waals surface area contributed by atoms with Crippen LogP contribution in [0.25, 0.3) is 154 Å². The van der Waals surface area contributed by atoms with Gasteiger partial charge in [0.05, 0.1) is 0 Å². The molecule has 0 aliphatic heterocycles. The SMILES string of the molecule is Cc1cc(C)cc(-c2c3c(c(-c4cc(C)cc(C)c4)c4ccccc24)-c2ccc(-c4ccc5c(-c6cc(C(C)(C)C)cc(C(C)(C)C)c6)c6c(c(-c7cc(C(C)(C)C)cc(C(C)(C)C)c7)c5c4)-c4cccc5c4c-6cc4ccccc45)c4cccc-3c24)c1. The largest absolute Gasteiger partial charge is 0.0616 e. The lowest BCUT2D eigenvalue weighted by atomic mass is 9.75. The predicted molar refractivity (Wildman–Crippen MR) is 384 cm³/mol. The van der Waals surface area contributed by atoms with Crippen molar-refractivity contribution in [2.24, 2.45) is 0 Å². The molecule has 0 atom stereocenters. The molecule has 2 aliphatic carbocycles. The third-order valence-corrected chi connectivity index (χ3v) is 19.8. The molecule has 0 bridgehead atoms. The second-order valence-corrected chi connectivity index (χ2v) is 30.4. The average Bonchev–Trinajstić information content (AvgIpc) is 1.51. The smallest absolute Gasteiger partial charge is 0.000719 e. The monoisotopic (exact) mass is 1140 g/mol. The summed E-state index contributed by atoms with van der Waals surface area (Å²) in [5, 5.41) is 12.9. The Balaban J connectivity index is 1.10. The zero-order valence-corrected chi connectivity index (χ0v) is 54.5. The van der Waals surface area contributed by atoms with Gasteiger partial charge in [0.1, 0.15) is 0 Å². The van der Waals surface area contributed by atoms with Crippen LogP contribution in [0.2, 0.25) is 0 Å². The molecule has 0 nitrogen and oxygen atoms in total. The van der Waals surface area contributed by atoms with Crippen LogP contribution < -0.4 is 0 Å². The maximum absolute atomic E-state index is 2.61. The third-order valence-electron chi connectivity index (χ3n) is 19.8. The number of aryl methyl sites for hydroxylation is 4. The van der Waals surface area contributed by atoms with E-state index in [2.05, 4.69) is 305 Å². The Labute approximate surface area is 522 Å². The fraction of sp³-hybridized carbons (Fsp3) is 0.227. The quantitative estimate of drug-likeness (QED) is 0.151. The van der Waals surface area contributed by atoms with Crippen LogP contribution in [0.1, 0.15) is 128 Å². The topological polar surface area (TPSA) is 0 Å². The van der Waals surface area contributed by atoms with Gasteiger partial charge in [-0.3, -0.25) is 0 Å². The highest BCUT2D eigenvalue weighted by Gasteiger charge is 2.36. The lowest BCUT2D eigenvalue weighted by molar-refractivity contribution is 0.568. The molecule has 0 aromatic heterocycles. The first-order valence-electron chi connectivity index (χ1n) is 32.0. The van der Waals surface area contributed by atoms with E-state index in [1.54, 1.807) is 0 Å². The summed E-state index contributed by atoms with van der Waals surface area (Å²) in [7, 11) is 0. The van der Waals surface area contributed by atoms with Crippen molar-refractivity contribution in [1.82, 2.24) is 0 Å². The predicted octanol–water partition coefficient (Wildman–Crippen LogP) is 25.5. The Morgan fingerprint density at radius 1 is 0.205 bits per heavy atom. The highest BCUT2D eigenvalue weighted by molar-refractivity contribution is 6.32. The highest BCUT2D eigenvalue weighted by Crippen LogP contribution is 2.62. The first kappa shape index (κ1) is 55.7. The Hall–Kier alpha value is -8.84. The van der Waals surface area contributed by atoms with Gasteiger partial charge in [0.15, 0.2) is 0 Å². The molecule has 0 heterocycles. The van der Waals surface area contributed by atoms with E-state index in [0.29, 0.717) is 0 Å². The fourth-order valence-corrected chi connectivity index (χ4v) is 15.5. The fourth-order valence-electron chi connectivity index (χ4n) is 15.5. The maximum atomic E-state index is 2.61. The Bertz CT molecular complexity index is 4980. The zero-order valence-electron chi connectivity index (χ0n) is 54.5. The van der Waals surface area contributed by atoms with Gasteiger partial charge in [0.25, 0.3) is 0 Å². The molecule has 0 amide bonds. The minimum atomic E-state index is -0.0956. The van der Waals surface area contributed by atoms with Gasteiger partial charge in [-0.15, -0.1) is 0 Å². The molecule has 13 aromatic carbocycles. The summed E-state index contributed by atoms with van der Waals surface area (Å²) in [5.41, 5.74) is 33.5. The second-order valence-electron chi connectivity index (χ2n) is 30.4. The molecule has 15 rings (SSSR count). The van der Waals surface area contributed by atoms with Gasteiger partial charge in [-0.05, 0) is 238 Å². The summed E-state index contributed by atoms with van der Waals surface area (Å²) in [5.74, 6) is 0. The molecule has 0 spiro atoms. The summed E-state index contributed by atoms with van der Waals surface area (Å²) < 4.78 is 0. The van der Waals surface area contributed by atoms with E-state index < -0.39 is 0 Å². The van der Waals surface area contributed by atoms with Crippen molar-refractivity contribution in [2.75, 3.05) is 0 Å². The summed E-state index contributed by atoms with van der Waals surface area (Å²) >= 11 is 0. The molecular weight excluding hydrogens is 1060 g/mol. The van der Waals surface area contributed by atoms with Crippen LogP contribution in [0.4, 0.5) is 0 Å². The van der Waals surface area contributed by atoms with E-state index in [1.165, 1.54) is 199 Å². The molecular formula is C88H80. The Morgan fingerprint density at radius 2 is 0.557 bits per heavy atom. The van der Waals surface area contributed by atoms with Crippen LogP contribution in [0.15, 0.2) is 194 Å². The normalized spacial score (nSPS) is 13.0. The van der Waals surface area contributed by atoms with Crippen LogP contribution in [-0.2, 0) is 21.7 Å². The summed E-state index contributed by atoms with van der Waals surface area (Å²) in [6, 6.07) is 77.0. The first-order chi connectivity index (χ1) is 41.8. The Kier molecular flexibility index (Phi) is 12.2. The van der Waals surface area contributed by atoms with Gasteiger partial charge in [-0.1, -0.05) is 287 Å². The van der Waals surface area contributed by atoms with Gasteiger partial charge in [-0.25, -0.2) is 0 Å². The number of benzene rings is 13. The molecule has 13 aromatic rings. The van der Waals surface area contributed by atoms with Crippen molar-refractivity contribution >= 4 is 53.9 Å². The maximum Gasteiger partial charge on any atom is -0.000719 e. The van der Waals surface area contributed by atoms with Crippen molar-refractivity contribution in [3.8, 4) is 100 Å². The van der Waals surface area contributed by atoms with Crippen molar-refractivity contribution in [2.45, 2.75) is 132 Å². The number of hydrogen-bond acceptors (Lipinski definition) is 0. The number of rotatable bonds is 5. The molecule has 0 unspecified atom stereocenters. The molecule has 0 saturated heterocycles. The zero-order chi connectivity index (χ0) is 61.4. The van der Waals surface area contributed by atoms with Crippen LogP contribution in [0, 0.1) is 27.7 Å². The van der Waals surface area contributed by atoms with E-state index in [1.807, 2.05) is 0 Å². The van der Waals surface area contributed by atoms with Gasteiger partial charge in [0.2, 0.25) is 0 Å². The average molecular weight is 1140 g/mol. The molecule has 0 heteroatoms. The van der Waals surface area contributed by atoms with Crippen molar-refractivity contribution in [3.63, 3.8) is 0 Å². The summed E-state index contributed by atoms with van der Waals surface area (Å²) in [6.45, 7) is 37.5. The second kappa shape index (κ2) is 19.3. The van der Waals surface area contributed by atoms with Crippen LogP contribution >= 0.6 is 0 Å². The molecule has 0 radical (unpaired) electrons. The van der Waals surface area contributed by atoms with Crippen LogP contribution in [-0.4, -0.2) is 0 Å². The van der Waals surface area contributed by atoms with Gasteiger partial charge >= 0.3 is 0 Å². The van der Waals surface area contributed by atoms with E-state index in [4.69, 9.17) is 0 Å². The van der Waals surface area contributed by atoms with Crippen molar-refractivity contribution < 1.29 is 0 Å².